The van der Waals surface area contributed by atoms with Crippen molar-refractivity contribution in [1.29, 1.82) is 0 Å². The molecule has 2 rings (SSSR count). The Labute approximate surface area is 88.1 Å². The zero-order valence-corrected chi connectivity index (χ0v) is 8.69. The van der Waals surface area contributed by atoms with E-state index in [-0.39, 0.29) is 6.10 Å². The first-order valence-electron chi connectivity index (χ1n) is 5.05. The summed E-state index contributed by atoms with van der Waals surface area (Å²) in [7, 11) is 1.71. The van der Waals surface area contributed by atoms with Crippen molar-refractivity contribution >= 4 is 5.95 Å². The fourth-order valence-electron chi connectivity index (χ4n) is 1.78. The van der Waals surface area contributed by atoms with Crippen LogP contribution in [0.5, 0.6) is 0 Å². The molecule has 0 amide bonds. The normalized spacial score (nSPS) is 21.7. The number of hydrogen-bond acceptors (Lipinski definition) is 4. The Hall–Kier alpha value is -1.23. The van der Waals surface area contributed by atoms with E-state index in [2.05, 4.69) is 9.97 Å². The van der Waals surface area contributed by atoms with E-state index in [0.29, 0.717) is 5.95 Å². The molecule has 0 bridgehead atoms. The SMILES string of the molecule is CO[C@@H]1CCCN(c2ncc(F)cn2)C1. The predicted octanol–water partition coefficient (Wildman–Crippen LogP) is 1.23. The Morgan fingerprint density at radius 2 is 2.20 bits per heavy atom. The van der Waals surface area contributed by atoms with Gasteiger partial charge in [-0.15, -0.1) is 0 Å². The number of piperidine rings is 1. The van der Waals surface area contributed by atoms with Crippen molar-refractivity contribution in [2.24, 2.45) is 0 Å². The monoisotopic (exact) mass is 211 g/mol. The Kier molecular flexibility index (Phi) is 3.11. The minimum atomic E-state index is -0.404. The molecule has 1 aromatic rings. The molecule has 1 aromatic heterocycles. The molecule has 0 radical (unpaired) electrons. The fourth-order valence-corrected chi connectivity index (χ4v) is 1.78. The summed E-state index contributed by atoms with van der Waals surface area (Å²) in [5, 5.41) is 0. The van der Waals surface area contributed by atoms with E-state index in [1.54, 1.807) is 7.11 Å². The zero-order valence-electron chi connectivity index (χ0n) is 8.69. The summed E-state index contributed by atoms with van der Waals surface area (Å²) in [4.78, 5) is 9.93. The maximum absolute atomic E-state index is 12.6. The van der Waals surface area contributed by atoms with Crippen LogP contribution in [0.1, 0.15) is 12.8 Å². The lowest BCUT2D eigenvalue weighted by molar-refractivity contribution is 0.0889. The number of anilines is 1. The van der Waals surface area contributed by atoms with Gasteiger partial charge in [-0.2, -0.15) is 0 Å². The van der Waals surface area contributed by atoms with E-state index in [4.69, 9.17) is 4.74 Å². The molecule has 5 heteroatoms. The number of nitrogens with zero attached hydrogens (tertiary/aromatic N) is 3. The van der Waals surface area contributed by atoms with Gasteiger partial charge in [0.15, 0.2) is 5.82 Å². The zero-order chi connectivity index (χ0) is 10.7. The van der Waals surface area contributed by atoms with Gasteiger partial charge in [-0.05, 0) is 12.8 Å². The highest BCUT2D eigenvalue weighted by Gasteiger charge is 2.21. The van der Waals surface area contributed by atoms with Crippen LogP contribution in [0.15, 0.2) is 12.4 Å². The Balaban J connectivity index is 2.06. The standard InChI is InChI=1S/C10H14FN3O/c1-15-9-3-2-4-14(7-9)10-12-5-8(11)6-13-10/h5-6,9H,2-4,7H2,1H3/t9-/m1/s1. The maximum atomic E-state index is 12.6. The molecular weight excluding hydrogens is 197 g/mol. The third kappa shape index (κ3) is 2.41. The third-order valence-electron chi connectivity index (χ3n) is 2.60. The lowest BCUT2D eigenvalue weighted by atomic mass is 10.1. The Bertz CT molecular complexity index is 317. The van der Waals surface area contributed by atoms with Gasteiger partial charge >= 0.3 is 0 Å². The summed E-state index contributed by atoms with van der Waals surface area (Å²) < 4.78 is 17.9. The highest BCUT2D eigenvalue weighted by Crippen LogP contribution is 2.16. The summed E-state index contributed by atoms with van der Waals surface area (Å²) in [5.41, 5.74) is 0. The Morgan fingerprint density at radius 1 is 1.47 bits per heavy atom. The number of rotatable bonds is 2. The van der Waals surface area contributed by atoms with Crippen LogP contribution in [0.2, 0.25) is 0 Å². The van der Waals surface area contributed by atoms with E-state index in [9.17, 15) is 4.39 Å². The minimum Gasteiger partial charge on any atom is -0.380 e. The Morgan fingerprint density at radius 3 is 2.87 bits per heavy atom. The van der Waals surface area contributed by atoms with E-state index >= 15 is 0 Å². The van der Waals surface area contributed by atoms with Crippen molar-refractivity contribution in [2.75, 3.05) is 25.1 Å². The number of hydrogen-bond donors (Lipinski definition) is 0. The molecule has 1 aliphatic heterocycles. The van der Waals surface area contributed by atoms with E-state index in [0.717, 1.165) is 25.9 Å². The molecule has 1 fully saturated rings. The van der Waals surface area contributed by atoms with Gasteiger partial charge in [0.2, 0.25) is 5.95 Å². The molecule has 0 spiro atoms. The summed E-state index contributed by atoms with van der Waals surface area (Å²) in [6.07, 6.45) is 4.73. The lowest BCUT2D eigenvalue weighted by Gasteiger charge is -2.31. The van der Waals surface area contributed by atoms with Gasteiger partial charge in [0, 0.05) is 20.2 Å². The quantitative estimate of drug-likeness (QED) is 0.737. The highest BCUT2D eigenvalue weighted by molar-refractivity contribution is 5.29. The van der Waals surface area contributed by atoms with Gasteiger partial charge in [0.05, 0.1) is 18.5 Å². The number of ether oxygens (including phenoxy) is 1. The molecule has 1 saturated heterocycles. The summed E-state index contributed by atoms with van der Waals surface area (Å²) in [5.74, 6) is 0.178. The molecule has 15 heavy (non-hydrogen) atoms. The molecule has 82 valence electrons. The minimum absolute atomic E-state index is 0.229. The van der Waals surface area contributed by atoms with Crippen molar-refractivity contribution in [2.45, 2.75) is 18.9 Å². The van der Waals surface area contributed by atoms with Crippen molar-refractivity contribution < 1.29 is 9.13 Å². The van der Waals surface area contributed by atoms with Crippen LogP contribution in [0.4, 0.5) is 10.3 Å². The van der Waals surface area contributed by atoms with Gasteiger partial charge in [-0.25, -0.2) is 14.4 Å². The van der Waals surface area contributed by atoms with Gasteiger partial charge < -0.3 is 9.64 Å². The lowest BCUT2D eigenvalue weighted by Crippen LogP contribution is -2.40. The average molecular weight is 211 g/mol. The van der Waals surface area contributed by atoms with Crippen LogP contribution in [0, 0.1) is 5.82 Å². The van der Waals surface area contributed by atoms with Crippen LogP contribution in [0.25, 0.3) is 0 Å². The van der Waals surface area contributed by atoms with Crippen molar-refractivity contribution in [3.63, 3.8) is 0 Å². The third-order valence-corrected chi connectivity index (χ3v) is 2.60. The highest BCUT2D eigenvalue weighted by atomic mass is 19.1. The van der Waals surface area contributed by atoms with E-state index < -0.39 is 5.82 Å². The second kappa shape index (κ2) is 4.53. The average Bonchev–Trinajstić information content (AvgIpc) is 2.30. The molecule has 1 atom stereocenters. The molecule has 0 saturated carbocycles. The van der Waals surface area contributed by atoms with E-state index in [1.807, 2.05) is 4.90 Å². The molecular formula is C10H14FN3O. The van der Waals surface area contributed by atoms with Crippen LogP contribution in [-0.4, -0.2) is 36.3 Å². The molecule has 0 aliphatic carbocycles. The second-order valence-corrected chi connectivity index (χ2v) is 3.65. The first kappa shape index (κ1) is 10.3. The molecule has 2 heterocycles. The summed E-state index contributed by atoms with van der Waals surface area (Å²) >= 11 is 0. The van der Waals surface area contributed by atoms with Crippen molar-refractivity contribution in [3.8, 4) is 0 Å². The maximum Gasteiger partial charge on any atom is 0.225 e. The van der Waals surface area contributed by atoms with E-state index in [1.165, 1.54) is 12.4 Å². The first-order valence-corrected chi connectivity index (χ1v) is 5.05. The first-order chi connectivity index (χ1) is 7.29. The molecule has 0 aromatic carbocycles. The van der Waals surface area contributed by atoms with Crippen LogP contribution in [-0.2, 0) is 4.74 Å². The van der Waals surface area contributed by atoms with Gasteiger partial charge in [0.1, 0.15) is 0 Å². The molecule has 0 N–H and O–H groups in total. The molecule has 1 aliphatic rings. The van der Waals surface area contributed by atoms with Gasteiger partial charge in [-0.1, -0.05) is 0 Å². The van der Waals surface area contributed by atoms with Crippen LogP contribution in [0.3, 0.4) is 0 Å². The van der Waals surface area contributed by atoms with Gasteiger partial charge in [0.25, 0.3) is 0 Å². The summed E-state index contributed by atoms with van der Waals surface area (Å²) in [6, 6.07) is 0. The molecule has 0 unspecified atom stereocenters. The summed E-state index contributed by atoms with van der Waals surface area (Å²) in [6.45, 7) is 1.69. The predicted molar refractivity (Wildman–Crippen MR) is 54.2 cm³/mol. The number of methoxy groups -OCH3 is 1. The number of halogens is 1. The topological polar surface area (TPSA) is 38.2 Å². The van der Waals surface area contributed by atoms with Crippen LogP contribution < -0.4 is 4.90 Å². The largest absolute Gasteiger partial charge is 0.380 e. The van der Waals surface area contributed by atoms with Crippen LogP contribution >= 0.6 is 0 Å². The smallest absolute Gasteiger partial charge is 0.225 e. The van der Waals surface area contributed by atoms with Crippen molar-refractivity contribution in [1.82, 2.24) is 9.97 Å². The number of aromatic nitrogens is 2. The second-order valence-electron chi connectivity index (χ2n) is 3.65. The van der Waals surface area contributed by atoms with Gasteiger partial charge in [-0.3, -0.25) is 0 Å². The fraction of sp³-hybridized carbons (Fsp3) is 0.600. The van der Waals surface area contributed by atoms with Crippen molar-refractivity contribution in [3.05, 3.63) is 18.2 Å². The molecule has 4 nitrogen and oxygen atoms in total.